The molecule has 0 bridgehead atoms. The molecule has 1 aliphatic heterocycles. The molecule has 3 aromatic rings. The van der Waals surface area contributed by atoms with Crippen molar-refractivity contribution in [3.63, 3.8) is 0 Å². The summed E-state index contributed by atoms with van der Waals surface area (Å²) >= 11 is 0. The lowest BCUT2D eigenvalue weighted by Crippen LogP contribution is -2.48. The van der Waals surface area contributed by atoms with Gasteiger partial charge in [-0.1, -0.05) is 24.3 Å². The first-order valence-electron chi connectivity index (χ1n) is 10.6. The van der Waals surface area contributed by atoms with Gasteiger partial charge in [0.25, 0.3) is 5.91 Å². The summed E-state index contributed by atoms with van der Waals surface area (Å²) in [6.07, 6.45) is -3.37. The molecule has 0 aliphatic carbocycles. The SMILES string of the molecule is CS(=O)(=O)Oc1ccc2cc(C(=O)N3CCN(Cc4ccc(C(F)(F)F)cc4)CC3)ccc2c1. The van der Waals surface area contributed by atoms with Crippen molar-refractivity contribution in [2.75, 3.05) is 32.4 Å². The van der Waals surface area contributed by atoms with Gasteiger partial charge in [-0.3, -0.25) is 9.69 Å². The number of fused-ring (bicyclic) bond motifs is 1. The fourth-order valence-corrected chi connectivity index (χ4v) is 4.39. The number of rotatable bonds is 5. The van der Waals surface area contributed by atoms with Crippen molar-refractivity contribution in [1.82, 2.24) is 9.80 Å². The zero-order valence-corrected chi connectivity index (χ0v) is 19.2. The number of halogens is 3. The molecule has 0 unspecified atom stereocenters. The first-order valence-corrected chi connectivity index (χ1v) is 12.4. The summed E-state index contributed by atoms with van der Waals surface area (Å²) < 4.78 is 65.7. The van der Waals surface area contributed by atoms with Gasteiger partial charge in [0, 0.05) is 38.3 Å². The molecular formula is C24H23F3N2O4S. The van der Waals surface area contributed by atoms with Crippen LogP contribution in [0.25, 0.3) is 10.8 Å². The lowest BCUT2D eigenvalue weighted by Gasteiger charge is -2.35. The number of alkyl halides is 3. The van der Waals surface area contributed by atoms with Crippen molar-refractivity contribution >= 4 is 26.8 Å². The van der Waals surface area contributed by atoms with Crippen LogP contribution >= 0.6 is 0 Å². The van der Waals surface area contributed by atoms with E-state index >= 15 is 0 Å². The highest BCUT2D eigenvalue weighted by Gasteiger charge is 2.30. The summed E-state index contributed by atoms with van der Waals surface area (Å²) in [4.78, 5) is 16.9. The molecule has 10 heteroatoms. The number of carbonyl (C=O) groups excluding carboxylic acids is 1. The van der Waals surface area contributed by atoms with Gasteiger partial charge < -0.3 is 9.08 Å². The molecule has 1 aliphatic rings. The summed E-state index contributed by atoms with van der Waals surface area (Å²) in [6.45, 7) is 2.78. The lowest BCUT2D eigenvalue weighted by atomic mass is 10.1. The molecule has 0 radical (unpaired) electrons. The van der Waals surface area contributed by atoms with Crippen molar-refractivity contribution in [3.05, 3.63) is 77.4 Å². The molecule has 0 spiro atoms. The smallest absolute Gasteiger partial charge is 0.383 e. The molecule has 1 saturated heterocycles. The number of hydrogen-bond acceptors (Lipinski definition) is 5. The van der Waals surface area contributed by atoms with Gasteiger partial charge in [0.1, 0.15) is 5.75 Å². The zero-order valence-electron chi connectivity index (χ0n) is 18.4. The molecule has 4 rings (SSSR count). The minimum Gasteiger partial charge on any atom is -0.383 e. The number of nitrogens with zero attached hydrogens (tertiary/aromatic N) is 2. The maximum atomic E-state index is 13.0. The summed E-state index contributed by atoms with van der Waals surface area (Å²) in [6, 6.07) is 15.2. The average Bonchev–Trinajstić information content (AvgIpc) is 2.77. The average molecular weight is 493 g/mol. The summed E-state index contributed by atoms with van der Waals surface area (Å²) in [5.74, 6) is 0.103. The maximum absolute atomic E-state index is 13.0. The molecule has 0 aromatic heterocycles. The lowest BCUT2D eigenvalue weighted by molar-refractivity contribution is -0.137. The number of piperazine rings is 1. The Morgan fingerprint density at radius 3 is 2.15 bits per heavy atom. The number of amides is 1. The minimum atomic E-state index is -4.35. The van der Waals surface area contributed by atoms with Crippen LogP contribution in [0, 0.1) is 0 Å². The van der Waals surface area contributed by atoms with Crippen molar-refractivity contribution < 1.29 is 30.6 Å². The predicted octanol–water partition coefficient (Wildman–Crippen LogP) is 4.16. The summed E-state index contributed by atoms with van der Waals surface area (Å²) in [5, 5.41) is 1.53. The molecule has 3 aromatic carbocycles. The Hall–Kier alpha value is -3.11. The fraction of sp³-hybridized carbons (Fsp3) is 0.292. The third-order valence-electron chi connectivity index (χ3n) is 5.65. The van der Waals surface area contributed by atoms with Crippen LogP contribution in [-0.4, -0.2) is 56.6 Å². The third kappa shape index (κ3) is 5.87. The highest BCUT2D eigenvalue weighted by Crippen LogP contribution is 2.29. The zero-order chi connectivity index (χ0) is 24.5. The fourth-order valence-electron chi connectivity index (χ4n) is 3.93. The van der Waals surface area contributed by atoms with Crippen LogP contribution in [0.3, 0.4) is 0 Å². The van der Waals surface area contributed by atoms with Crippen molar-refractivity contribution in [2.45, 2.75) is 12.7 Å². The van der Waals surface area contributed by atoms with Gasteiger partial charge >= 0.3 is 16.3 Å². The number of carbonyl (C=O) groups is 1. The normalized spacial score (nSPS) is 15.5. The Morgan fingerprint density at radius 1 is 0.912 bits per heavy atom. The van der Waals surface area contributed by atoms with Crippen LogP contribution in [0.15, 0.2) is 60.7 Å². The van der Waals surface area contributed by atoms with E-state index < -0.39 is 21.9 Å². The van der Waals surface area contributed by atoms with Crippen LogP contribution in [-0.2, 0) is 22.8 Å². The molecule has 0 N–H and O–H groups in total. The van der Waals surface area contributed by atoms with E-state index in [-0.39, 0.29) is 11.7 Å². The van der Waals surface area contributed by atoms with Crippen molar-refractivity contribution in [1.29, 1.82) is 0 Å². The predicted molar refractivity (Wildman–Crippen MR) is 122 cm³/mol. The third-order valence-corrected chi connectivity index (χ3v) is 6.15. The van der Waals surface area contributed by atoms with Crippen LogP contribution in [0.4, 0.5) is 13.2 Å². The standard InChI is InChI=1S/C24H23F3N2O4S/c1-34(31,32)33-22-9-6-18-14-20(5-4-19(18)15-22)23(30)29-12-10-28(11-13-29)16-17-2-7-21(8-3-17)24(25,26)27/h2-9,14-15H,10-13,16H2,1H3. The van der Waals surface area contributed by atoms with Crippen LogP contribution in [0.2, 0.25) is 0 Å². The van der Waals surface area contributed by atoms with E-state index in [1.807, 2.05) is 0 Å². The minimum absolute atomic E-state index is 0.104. The Labute approximate surface area is 195 Å². The van der Waals surface area contributed by atoms with E-state index in [0.717, 1.165) is 34.7 Å². The van der Waals surface area contributed by atoms with Gasteiger partial charge in [0.05, 0.1) is 11.8 Å². The first-order chi connectivity index (χ1) is 16.0. The summed E-state index contributed by atoms with van der Waals surface area (Å²) in [7, 11) is -3.62. The highest BCUT2D eigenvalue weighted by atomic mass is 32.2. The van der Waals surface area contributed by atoms with Gasteiger partial charge in [0.2, 0.25) is 0 Å². The van der Waals surface area contributed by atoms with Gasteiger partial charge in [-0.15, -0.1) is 0 Å². The largest absolute Gasteiger partial charge is 0.416 e. The van der Waals surface area contributed by atoms with E-state index in [0.29, 0.717) is 38.3 Å². The Bertz CT molecular complexity index is 1300. The van der Waals surface area contributed by atoms with Gasteiger partial charge in [-0.2, -0.15) is 21.6 Å². The van der Waals surface area contributed by atoms with Crippen molar-refractivity contribution in [2.24, 2.45) is 0 Å². The maximum Gasteiger partial charge on any atom is 0.416 e. The monoisotopic (exact) mass is 492 g/mol. The molecule has 180 valence electrons. The Morgan fingerprint density at radius 2 is 1.53 bits per heavy atom. The Balaban J connectivity index is 1.36. The van der Waals surface area contributed by atoms with E-state index in [1.165, 1.54) is 18.2 Å². The number of benzene rings is 3. The summed E-state index contributed by atoms with van der Waals surface area (Å²) in [5.41, 5.74) is 0.656. The van der Waals surface area contributed by atoms with Crippen LogP contribution in [0.5, 0.6) is 5.75 Å². The number of hydrogen-bond donors (Lipinski definition) is 0. The second-order valence-electron chi connectivity index (χ2n) is 8.27. The van der Waals surface area contributed by atoms with E-state index in [1.54, 1.807) is 35.2 Å². The molecule has 6 nitrogen and oxygen atoms in total. The molecule has 34 heavy (non-hydrogen) atoms. The van der Waals surface area contributed by atoms with Crippen LogP contribution < -0.4 is 4.18 Å². The molecule has 1 heterocycles. The highest BCUT2D eigenvalue weighted by molar-refractivity contribution is 7.86. The topological polar surface area (TPSA) is 66.9 Å². The molecule has 1 fully saturated rings. The quantitative estimate of drug-likeness (QED) is 0.501. The van der Waals surface area contributed by atoms with Gasteiger partial charge in [0.15, 0.2) is 0 Å². The van der Waals surface area contributed by atoms with Gasteiger partial charge in [-0.25, -0.2) is 0 Å². The van der Waals surface area contributed by atoms with E-state index in [2.05, 4.69) is 4.90 Å². The molecule has 0 atom stereocenters. The molecule has 0 saturated carbocycles. The Kier molecular flexibility index (Phi) is 6.55. The van der Waals surface area contributed by atoms with Crippen molar-refractivity contribution in [3.8, 4) is 5.75 Å². The van der Waals surface area contributed by atoms with Gasteiger partial charge in [-0.05, 0) is 52.7 Å². The second-order valence-corrected chi connectivity index (χ2v) is 9.85. The van der Waals surface area contributed by atoms with E-state index in [9.17, 15) is 26.4 Å². The molecular weight excluding hydrogens is 469 g/mol. The first kappa shape index (κ1) is 24.0. The molecule has 1 amide bonds. The van der Waals surface area contributed by atoms with E-state index in [4.69, 9.17) is 4.18 Å². The second kappa shape index (κ2) is 9.27. The van der Waals surface area contributed by atoms with Crippen LogP contribution in [0.1, 0.15) is 21.5 Å².